The molecule has 140 valence electrons. The number of hydrogen-bond acceptors (Lipinski definition) is 5. The van der Waals surface area contributed by atoms with Crippen LogP contribution in [0.15, 0.2) is 59.7 Å². The fourth-order valence-corrected chi connectivity index (χ4v) is 3.87. The molecule has 2 aliphatic rings. The van der Waals surface area contributed by atoms with Gasteiger partial charge in [0, 0.05) is 43.5 Å². The van der Waals surface area contributed by atoms with E-state index in [1.165, 1.54) is 0 Å². The Labute approximate surface area is 158 Å². The molecule has 3 heterocycles. The highest BCUT2D eigenvalue weighted by molar-refractivity contribution is 5.59. The molecule has 4 rings (SSSR count). The zero-order chi connectivity index (χ0) is 18.8. The molecule has 27 heavy (non-hydrogen) atoms. The van der Waals surface area contributed by atoms with Crippen molar-refractivity contribution in [3.63, 3.8) is 0 Å². The van der Waals surface area contributed by atoms with Crippen molar-refractivity contribution in [3.8, 4) is 11.3 Å². The highest BCUT2D eigenvalue weighted by Gasteiger charge is 2.35. The number of morpholine rings is 1. The van der Waals surface area contributed by atoms with E-state index >= 15 is 0 Å². The van der Waals surface area contributed by atoms with Crippen LogP contribution in [0.5, 0.6) is 0 Å². The van der Waals surface area contributed by atoms with E-state index in [4.69, 9.17) is 9.72 Å². The van der Waals surface area contributed by atoms with Crippen molar-refractivity contribution < 1.29 is 4.74 Å². The fraction of sp³-hybridized carbons (Fsp3) is 0.381. The second-order valence-electron chi connectivity index (χ2n) is 7.06. The van der Waals surface area contributed by atoms with Gasteiger partial charge in [-0.3, -0.25) is 14.3 Å². The van der Waals surface area contributed by atoms with Crippen LogP contribution < -0.4 is 10.5 Å². The molecule has 0 amide bonds. The maximum absolute atomic E-state index is 12.6. The van der Waals surface area contributed by atoms with Crippen molar-refractivity contribution in [1.29, 1.82) is 0 Å². The van der Waals surface area contributed by atoms with E-state index in [0.717, 1.165) is 12.0 Å². The lowest BCUT2D eigenvalue weighted by atomic mass is 9.89. The van der Waals surface area contributed by atoms with Gasteiger partial charge in [-0.1, -0.05) is 24.3 Å². The van der Waals surface area contributed by atoms with Crippen molar-refractivity contribution in [3.05, 3.63) is 65.3 Å². The minimum absolute atomic E-state index is 0.0671. The summed E-state index contributed by atoms with van der Waals surface area (Å²) < 4.78 is 7.74. The summed E-state index contributed by atoms with van der Waals surface area (Å²) in [6, 6.07) is 5.44. The Hall–Kier alpha value is -2.73. The number of allylic oxidation sites excluding steroid dienone is 3. The number of rotatable bonds is 3. The van der Waals surface area contributed by atoms with Crippen LogP contribution in [0, 0.1) is 5.92 Å². The average Bonchev–Trinajstić information content (AvgIpc) is 2.72. The maximum atomic E-state index is 12.6. The van der Waals surface area contributed by atoms with E-state index in [1.54, 1.807) is 30.1 Å². The van der Waals surface area contributed by atoms with Crippen molar-refractivity contribution in [2.45, 2.75) is 25.5 Å². The SMILES string of the molecule is CC1[C@@H](C2C=CC=CC2)OCCN1c1nc(-c2ccncc2)cc(=O)n1C. The van der Waals surface area contributed by atoms with Crippen LogP contribution in [0.3, 0.4) is 0 Å². The molecular weight excluding hydrogens is 340 g/mol. The molecule has 6 heteroatoms. The first-order chi connectivity index (χ1) is 13.1. The smallest absolute Gasteiger partial charge is 0.255 e. The van der Waals surface area contributed by atoms with Crippen LogP contribution in [0.4, 0.5) is 5.95 Å². The Bertz CT molecular complexity index is 920. The van der Waals surface area contributed by atoms with E-state index in [2.05, 4.69) is 41.1 Å². The lowest BCUT2D eigenvalue weighted by Crippen LogP contribution is -2.54. The zero-order valence-electron chi connectivity index (χ0n) is 15.7. The number of hydrogen-bond donors (Lipinski definition) is 0. The minimum Gasteiger partial charge on any atom is -0.374 e. The summed E-state index contributed by atoms with van der Waals surface area (Å²) in [5, 5.41) is 0. The van der Waals surface area contributed by atoms with Crippen LogP contribution in [0.25, 0.3) is 11.3 Å². The van der Waals surface area contributed by atoms with Crippen molar-refractivity contribution in [1.82, 2.24) is 14.5 Å². The third kappa shape index (κ3) is 3.45. The summed E-state index contributed by atoms with van der Waals surface area (Å²) in [5.41, 5.74) is 1.50. The van der Waals surface area contributed by atoms with Crippen molar-refractivity contribution >= 4 is 5.95 Å². The highest BCUT2D eigenvalue weighted by Crippen LogP contribution is 2.29. The molecule has 0 saturated carbocycles. The van der Waals surface area contributed by atoms with Gasteiger partial charge < -0.3 is 9.64 Å². The van der Waals surface area contributed by atoms with Gasteiger partial charge in [0.2, 0.25) is 5.95 Å². The lowest BCUT2D eigenvalue weighted by Gasteiger charge is -2.43. The minimum atomic E-state index is -0.0671. The molecule has 0 N–H and O–H groups in total. The third-order valence-corrected chi connectivity index (χ3v) is 5.39. The molecular formula is C21H24N4O2. The standard InChI is InChI=1S/C21H24N4O2/c1-15-20(17-6-4-3-5-7-17)27-13-12-25(15)21-23-18(14-19(26)24(21)2)16-8-10-22-11-9-16/h3-6,8-11,14-15,17,20H,7,12-13H2,1-2H3/t15?,17?,20-/m0/s1. The lowest BCUT2D eigenvalue weighted by molar-refractivity contribution is -0.0102. The predicted molar refractivity (Wildman–Crippen MR) is 106 cm³/mol. The Morgan fingerprint density at radius 1 is 1.22 bits per heavy atom. The van der Waals surface area contributed by atoms with E-state index in [0.29, 0.717) is 30.7 Å². The van der Waals surface area contributed by atoms with Gasteiger partial charge in [0.1, 0.15) is 0 Å². The van der Waals surface area contributed by atoms with Gasteiger partial charge in [-0.2, -0.15) is 0 Å². The van der Waals surface area contributed by atoms with Crippen molar-refractivity contribution in [2.24, 2.45) is 13.0 Å². The molecule has 1 aliphatic heterocycles. The number of ether oxygens (including phenoxy) is 1. The topological polar surface area (TPSA) is 60.2 Å². The molecule has 0 spiro atoms. The van der Waals surface area contributed by atoms with Gasteiger partial charge >= 0.3 is 0 Å². The third-order valence-electron chi connectivity index (χ3n) is 5.39. The maximum Gasteiger partial charge on any atom is 0.255 e. The Morgan fingerprint density at radius 2 is 2.04 bits per heavy atom. The van der Waals surface area contributed by atoms with Crippen LogP contribution in [0.1, 0.15) is 13.3 Å². The normalized spacial score (nSPS) is 25.0. The van der Waals surface area contributed by atoms with Gasteiger partial charge in [-0.15, -0.1) is 0 Å². The van der Waals surface area contributed by atoms with Gasteiger partial charge in [-0.05, 0) is 25.5 Å². The highest BCUT2D eigenvalue weighted by atomic mass is 16.5. The van der Waals surface area contributed by atoms with Crippen LogP contribution in [0.2, 0.25) is 0 Å². The summed E-state index contributed by atoms with van der Waals surface area (Å²) in [4.78, 5) is 23.7. The second kappa shape index (κ2) is 7.48. The van der Waals surface area contributed by atoms with Crippen LogP contribution >= 0.6 is 0 Å². The quantitative estimate of drug-likeness (QED) is 0.838. The fourth-order valence-electron chi connectivity index (χ4n) is 3.87. The van der Waals surface area contributed by atoms with E-state index < -0.39 is 0 Å². The van der Waals surface area contributed by atoms with Gasteiger partial charge in [-0.25, -0.2) is 4.98 Å². The monoisotopic (exact) mass is 364 g/mol. The summed E-state index contributed by atoms with van der Waals surface area (Å²) in [6.07, 6.45) is 13.0. The molecule has 1 saturated heterocycles. The molecule has 1 fully saturated rings. The zero-order valence-corrected chi connectivity index (χ0v) is 15.7. The first-order valence-electron chi connectivity index (χ1n) is 9.35. The molecule has 0 radical (unpaired) electrons. The number of anilines is 1. The predicted octanol–water partition coefficient (Wildman–Crippen LogP) is 2.57. The summed E-state index contributed by atoms with van der Waals surface area (Å²) in [7, 11) is 1.78. The summed E-state index contributed by atoms with van der Waals surface area (Å²) in [5.74, 6) is 1.03. The second-order valence-corrected chi connectivity index (χ2v) is 7.06. The van der Waals surface area contributed by atoms with Crippen LogP contribution in [-0.4, -0.2) is 39.8 Å². The van der Waals surface area contributed by atoms with Gasteiger partial charge in [0.25, 0.3) is 5.56 Å². The summed E-state index contributed by atoms with van der Waals surface area (Å²) in [6.45, 7) is 3.49. The molecule has 0 aromatic carbocycles. The summed E-state index contributed by atoms with van der Waals surface area (Å²) >= 11 is 0. The first-order valence-corrected chi connectivity index (χ1v) is 9.35. The number of aromatic nitrogens is 3. The van der Waals surface area contributed by atoms with Gasteiger partial charge in [0.15, 0.2) is 0 Å². The molecule has 2 aromatic heterocycles. The largest absolute Gasteiger partial charge is 0.374 e. The van der Waals surface area contributed by atoms with Crippen molar-refractivity contribution in [2.75, 3.05) is 18.1 Å². The first kappa shape index (κ1) is 17.7. The van der Waals surface area contributed by atoms with E-state index in [1.807, 2.05) is 12.1 Å². The van der Waals surface area contributed by atoms with E-state index in [-0.39, 0.29) is 17.7 Å². The van der Waals surface area contributed by atoms with Crippen LogP contribution in [-0.2, 0) is 11.8 Å². The molecule has 0 bridgehead atoms. The number of pyridine rings is 1. The average molecular weight is 364 g/mol. The molecule has 1 aliphatic carbocycles. The Morgan fingerprint density at radius 3 is 2.78 bits per heavy atom. The number of nitrogens with zero attached hydrogens (tertiary/aromatic N) is 4. The molecule has 2 unspecified atom stereocenters. The Kier molecular flexibility index (Phi) is 4.90. The molecule has 2 aromatic rings. The molecule has 6 nitrogen and oxygen atoms in total. The van der Waals surface area contributed by atoms with Gasteiger partial charge in [0.05, 0.1) is 24.4 Å². The molecule has 3 atom stereocenters. The van der Waals surface area contributed by atoms with E-state index in [9.17, 15) is 4.79 Å². The Balaban J connectivity index is 1.69.